The van der Waals surface area contributed by atoms with Gasteiger partial charge in [0.1, 0.15) is 0 Å². The van der Waals surface area contributed by atoms with E-state index < -0.39 is 0 Å². The van der Waals surface area contributed by atoms with E-state index >= 15 is 0 Å². The molecule has 0 radical (unpaired) electrons. The number of aromatic nitrogens is 2. The highest BCUT2D eigenvalue weighted by molar-refractivity contribution is 9.10. The molecule has 2 rings (SSSR count). The molecular formula is C13H22BrN3. The molecule has 1 aliphatic rings. The number of rotatable bonds is 4. The van der Waals surface area contributed by atoms with Gasteiger partial charge in [0.2, 0.25) is 0 Å². The van der Waals surface area contributed by atoms with Crippen molar-refractivity contribution in [2.24, 2.45) is 11.7 Å². The molecule has 1 fully saturated rings. The number of halogens is 1. The Bertz CT molecular complexity index is 367. The lowest BCUT2D eigenvalue weighted by molar-refractivity contribution is 0.414. The summed E-state index contributed by atoms with van der Waals surface area (Å²) in [5.41, 5.74) is 7.53. The Morgan fingerprint density at radius 1 is 1.47 bits per heavy atom. The van der Waals surface area contributed by atoms with Crippen molar-refractivity contribution in [2.45, 2.75) is 58.0 Å². The van der Waals surface area contributed by atoms with Gasteiger partial charge in [-0.25, -0.2) is 0 Å². The monoisotopic (exact) mass is 299 g/mol. The Morgan fingerprint density at radius 3 is 2.71 bits per heavy atom. The minimum Gasteiger partial charge on any atom is -0.323 e. The maximum Gasteiger partial charge on any atom is 0.0696 e. The lowest BCUT2D eigenvalue weighted by atomic mass is 9.97. The zero-order chi connectivity index (χ0) is 12.4. The Hall–Kier alpha value is -0.350. The summed E-state index contributed by atoms with van der Waals surface area (Å²) in [5.74, 6) is 0.812. The largest absolute Gasteiger partial charge is 0.323 e. The SMILES string of the molecule is CC(C)n1ncc(Br)c1C(N)CC1CCCC1. The molecule has 0 aromatic carbocycles. The Kier molecular flexibility index (Phi) is 4.26. The summed E-state index contributed by atoms with van der Waals surface area (Å²) in [6.07, 6.45) is 8.41. The van der Waals surface area contributed by atoms with Crippen LogP contribution in [-0.4, -0.2) is 9.78 Å². The first-order chi connectivity index (χ1) is 8.09. The van der Waals surface area contributed by atoms with Crippen LogP contribution in [0.5, 0.6) is 0 Å². The summed E-state index contributed by atoms with van der Waals surface area (Å²) in [6, 6.07) is 0.475. The smallest absolute Gasteiger partial charge is 0.0696 e. The number of hydrogen-bond acceptors (Lipinski definition) is 2. The van der Waals surface area contributed by atoms with Crippen LogP contribution in [0, 0.1) is 5.92 Å². The van der Waals surface area contributed by atoms with Crippen molar-refractivity contribution in [3.05, 3.63) is 16.4 Å². The molecule has 0 saturated heterocycles. The number of nitrogens with zero attached hydrogens (tertiary/aromatic N) is 2. The van der Waals surface area contributed by atoms with E-state index in [-0.39, 0.29) is 6.04 Å². The van der Waals surface area contributed by atoms with Crippen molar-refractivity contribution in [2.75, 3.05) is 0 Å². The van der Waals surface area contributed by atoms with Crippen LogP contribution in [0.2, 0.25) is 0 Å². The first kappa shape index (κ1) is 13.1. The van der Waals surface area contributed by atoms with Gasteiger partial charge in [0.05, 0.1) is 16.4 Å². The van der Waals surface area contributed by atoms with Crippen LogP contribution in [0.1, 0.15) is 63.7 Å². The zero-order valence-corrected chi connectivity index (χ0v) is 12.3. The highest BCUT2D eigenvalue weighted by Gasteiger charge is 2.23. The first-order valence-electron chi connectivity index (χ1n) is 6.58. The molecule has 0 amide bonds. The molecule has 1 unspecified atom stereocenters. The van der Waals surface area contributed by atoms with E-state index in [2.05, 4.69) is 34.9 Å². The lowest BCUT2D eigenvalue weighted by Crippen LogP contribution is -2.20. The van der Waals surface area contributed by atoms with Gasteiger partial charge in [0, 0.05) is 12.1 Å². The highest BCUT2D eigenvalue weighted by atomic mass is 79.9. The summed E-state index contributed by atoms with van der Waals surface area (Å²) in [4.78, 5) is 0. The van der Waals surface area contributed by atoms with Crippen molar-refractivity contribution in [1.29, 1.82) is 0 Å². The molecule has 1 atom stereocenters. The molecule has 1 aromatic heterocycles. The van der Waals surface area contributed by atoms with Crippen molar-refractivity contribution in [3.63, 3.8) is 0 Å². The fourth-order valence-electron chi connectivity index (χ4n) is 2.83. The molecule has 1 aliphatic carbocycles. The second kappa shape index (κ2) is 5.53. The third-order valence-corrected chi connectivity index (χ3v) is 4.30. The van der Waals surface area contributed by atoms with E-state index in [1.165, 1.54) is 25.7 Å². The van der Waals surface area contributed by atoms with Crippen LogP contribution in [0.4, 0.5) is 0 Å². The second-order valence-corrected chi connectivity index (χ2v) is 6.26. The Labute approximate surface area is 112 Å². The average Bonchev–Trinajstić information content (AvgIpc) is 2.86. The molecule has 3 nitrogen and oxygen atoms in total. The minimum absolute atomic E-state index is 0.109. The van der Waals surface area contributed by atoms with E-state index in [0.717, 1.165) is 22.5 Å². The molecule has 0 aliphatic heterocycles. The van der Waals surface area contributed by atoms with Crippen molar-refractivity contribution in [1.82, 2.24) is 9.78 Å². The quantitative estimate of drug-likeness (QED) is 0.919. The fraction of sp³-hybridized carbons (Fsp3) is 0.769. The van der Waals surface area contributed by atoms with Crippen molar-refractivity contribution in [3.8, 4) is 0 Å². The maximum atomic E-state index is 6.37. The van der Waals surface area contributed by atoms with Gasteiger partial charge in [-0.3, -0.25) is 4.68 Å². The molecule has 2 N–H and O–H groups in total. The van der Waals surface area contributed by atoms with Crippen molar-refractivity contribution < 1.29 is 0 Å². The normalized spacial score (nSPS) is 19.1. The summed E-state index contributed by atoms with van der Waals surface area (Å²) in [5, 5.41) is 4.40. The van der Waals surface area contributed by atoms with Crippen LogP contribution in [0.15, 0.2) is 10.7 Å². The van der Waals surface area contributed by atoms with E-state index in [0.29, 0.717) is 6.04 Å². The third-order valence-electron chi connectivity index (χ3n) is 3.69. The topological polar surface area (TPSA) is 43.8 Å². The molecule has 0 bridgehead atoms. The first-order valence-corrected chi connectivity index (χ1v) is 7.37. The molecular weight excluding hydrogens is 278 g/mol. The van der Waals surface area contributed by atoms with Gasteiger partial charge in [-0.1, -0.05) is 25.7 Å². The molecule has 1 heterocycles. The molecule has 96 valence electrons. The van der Waals surface area contributed by atoms with E-state index in [1.807, 2.05) is 10.9 Å². The highest BCUT2D eigenvalue weighted by Crippen LogP contribution is 2.34. The van der Waals surface area contributed by atoms with Crippen LogP contribution >= 0.6 is 15.9 Å². The molecule has 1 saturated carbocycles. The Morgan fingerprint density at radius 2 is 2.12 bits per heavy atom. The van der Waals surface area contributed by atoms with Gasteiger partial charge >= 0.3 is 0 Å². The summed E-state index contributed by atoms with van der Waals surface area (Å²) in [6.45, 7) is 4.29. The third kappa shape index (κ3) is 2.91. The van der Waals surface area contributed by atoms with Gasteiger partial charge in [0.15, 0.2) is 0 Å². The van der Waals surface area contributed by atoms with E-state index in [9.17, 15) is 0 Å². The van der Waals surface area contributed by atoms with Gasteiger partial charge in [-0.15, -0.1) is 0 Å². The van der Waals surface area contributed by atoms with E-state index in [4.69, 9.17) is 5.73 Å². The molecule has 4 heteroatoms. The van der Waals surface area contributed by atoms with Crippen molar-refractivity contribution >= 4 is 15.9 Å². The summed E-state index contributed by atoms with van der Waals surface area (Å²) < 4.78 is 3.10. The fourth-order valence-corrected chi connectivity index (χ4v) is 3.39. The van der Waals surface area contributed by atoms with Crippen LogP contribution in [0.3, 0.4) is 0 Å². The molecule has 17 heavy (non-hydrogen) atoms. The average molecular weight is 300 g/mol. The van der Waals surface area contributed by atoms with Crippen LogP contribution in [-0.2, 0) is 0 Å². The standard InChI is InChI=1S/C13H22BrN3/c1-9(2)17-13(11(14)8-16-17)12(15)7-10-5-3-4-6-10/h8-10,12H,3-7,15H2,1-2H3. The van der Waals surface area contributed by atoms with Gasteiger partial charge in [-0.05, 0) is 42.1 Å². The number of nitrogens with two attached hydrogens (primary N) is 1. The second-order valence-electron chi connectivity index (χ2n) is 5.41. The zero-order valence-electron chi connectivity index (χ0n) is 10.7. The molecule has 1 aromatic rings. The lowest BCUT2D eigenvalue weighted by Gasteiger charge is -2.20. The summed E-state index contributed by atoms with van der Waals surface area (Å²) >= 11 is 3.57. The minimum atomic E-state index is 0.109. The van der Waals surface area contributed by atoms with Crippen LogP contribution in [0.25, 0.3) is 0 Å². The predicted molar refractivity (Wildman–Crippen MR) is 73.8 cm³/mol. The van der Waals surface area contributed by atoms with Gasteiger partial charge < -0.3 is 5.73 Å². The maximum absolute atomic E-state index is 6.37. The van der Waals surface area contributed by atoms with Gasteiger partial charge in [-0.2, -0.15) is 5.10 Å². The summed E-state index contributed by atoms with van der Waals surface area (Å²) in [7, 11) is 0. The van der Waals surface area contributed by atoms with Gasteiger partial charge in [0.25, 0.3) is 0 Å². The predicted octanol–water partition coefficient (Wildman–Crippen LogP) is 3.81. The molecule has 0 spiro atoms. The Balaban J connectivity index is 2.11. The number of hydrogen-bond donors (Lipinski definition) is 1. The van der Waals surface area contributed by atoms with Crippen LogP contribution < -0.4 is 5.73 Å². The van der Waals surface area contributed by atoms with E-state index in [1.54, 1.807) is 0 Å².